The summed E-state index contributed by atoms with van der Waals surface area (Å²) in [5.74, 6) is -0.218. The summed E-state index contributed by atoms with van der Waals surface area (Å²) in [6, 6.07) is 4.54. The Balaban J connectivity index is 3.00. The van der Waals surface area contributed by atoms with Gasteiger partial charge >= 0.3 is 0 Å². The Morgan fingerprint density at radius 2 is 2.42 bits per heavy atom. The van der Waals surface area contributed by atoms with Crippen LogP contribution in [0.25, 0.3) is 6.08 Å². The van der Waals surface area contributed by atoms with E-state index in [1.165, 1.54) is 12.1 Å². The fraction of sp³-hybridized carbons (Fsp3) is 0.200. The molecule has 0 heterocycles. The average molecular weight is 167 g/mol. The van der Waals surface area contributed by atoms with E-state index in [4.69, 9.17) is 4.11 Å². The quantitative estimate of drug-likeness (QED) is 0.733. The van der Waals surface area contributed by atoms with Crippen molar-refractivity contribution in [1.29, 1.82) is 0 Å². The Labute approximate surface area is 76.3 Å². The van der Waals surface area contributed by atoms with Gasteiger partial charge in [0.1, 0.15) is 0 Å². The van der Waals surface area contributed by atoms with E-state index in [1.54, 1.807) is 12.1 Å². The van der Waals surface area contributed by atoms with E-state index < -0.39 is 7.04 Å². The molecule has 0 radical (unpaired) electrons. The van der Waals surface area contributed by atoms with Crippen molar-refractivity contribution in [3.05, 3.63) is 29.8 Å². The summed E-state index contributed by atoms with van der Waals surface area (Å²) >= 11 is 0. The Hall–Kier alpha value is -1.44. The molecule has 0 aliphatic rings. The maximum atomic E-state index is 9.37. The van der Waals surface area contributed by atoms with Crippen LogP contribution in [0.1, 0.15) is 16.6 Å². The number of hydrogen-bond acceptors (Lipinski definition) is 2. The highest BCUT2D eigenvalue weighted by Gasteiger charge is 1.99. The van der Waals surface area contributed by atoms with Crippen LogP contribution in [0.15, 0.2) is 24.3 Å². The maximum absolute atomic E-state index is 9.37. The van der Waals surface area contributed by atoms with Gasteiger partial charge in [-0.25, -0.2) is 0 Å². The van der Waals surface area contributed by atoms with Gasteiger partial charge in [-0.2, -0.15) is 0 Å². The second-order valence-corrected chi connectivity index (χ2v) is 2.33. The lowest BCUT2D eigenvalue weighted by molar-refractivity contribution is 0.373. The molecule has 2 heteroatoms. The van der Waals surface area contributed by atoms with Gasteiger partial charge in [-0.15, -0.1) is 0 Å². The number of rotatable bonds is 2. The number of benzene rings is 1. The van der Waals surface area contributed by atoms with Crippen LogP contribution in [0, 0.1) is 0 Å². The summed E-state index contributed by atoms with van der Waals surface area (Å²) in [6.07, 6.45) is 3.59. The zero-order chi connectivity index (χ0) is 11.5. The predicted molar refractivity (Wildman–Crippen MR) is 49.4 cm³/mol. The minimum absolute atomic E-state index is 0.0365. The molecule has 2 nitrogen and oxygen atoms in total. The average Bonchev–Trinajstić information content (AvgIpc) is 2.09. The second kappa shape index (κ2) is 3.81. The molecule has 1 aromatic rings. The van der Waals surface area contributed by atoms with Crippen molar-refractivity contribution in [1.82, 2.24) is 0 Å². The zero-order valence-electron chi connectivity index (χ0n) is 9.74. The van der Waals surface area contributed by atoms with Gasteiger partial charge in [-0.05, 0) is 24.6 Å². The smallest absolute Gasteiger partial charge is 0.161 e. The predicted octanol–water partition coefficient (Wildman–Crippen LogP) is 2.43. The Morgan fingerprint density at radius 3 is 3.08 bits per heavy atom. The van der Waals surface area contributed by atoms with Crippen molar-refractivity contribution < 1.29 is 14.0 Å². The molecular formula is C10H12O2. The molecular weight excluding hydrogens is 152 g/mol. The first kappa shape index (κ1) is 5.25. The van der Waals surface area contributed by atoms with Gasteiger partial charge < -0.3 is 9.84 Å². The molecule has 0 saturated heterocycles. The van der Waals surface area contributed by atoms with E-state index in [9.17, 15) is 5.11 Å². The van der Waals surface area contributed by atoms with Crippen LogP contribution in [0.2, 0.25) is 0 Å². The molecule has 0 aliphatic heterocycles. The molecule has 1 rings (SSSR count). The first-order chi connectivity index (χ1) is 6.92. The zero-order valence-corrected chi connectivity index (χ0v) is 6.74. The molecule has 0 bridgehead atoms. The summed E-state index contributed by atoms with van der Waals surface area (Å²) in [7, 11) is -2.55. The van der Waals surface area contributed by atoms with Crippen molar-refractivity contribution in [3.8, 4) is 11.5 Å². The van der Waals surface area contributed by atoms with Gasteiger partial charge in [-0.3, -0.25) is 0 Å². The van der Waals surface area contributed by atoms with Crippen molar-refractivity contribution in [2.75, 3.05) is 7.04 Å². The van der Waals surface area contributed by atoms with Gasteiger partial charge in [-0.1, -0.05) is 18.2 Å². The molecule has 64 valence electrons. The largest absolute Gasteiger partial charge is 0.504 e. The first-order valence-electron chi connectivity index (χ1n) is 5.07. The van der Waals surface area contributed by atoms with Gasteiger partial charge in [0.2, 0.25) is 0 Å². The highest BCUT2D eigenvalue weighted by atomic mass is 16.5. The van der Waals surface area contributed by atoms with E-state index >= 15 is 0 Å². The number of ether oxygens (including phenoxy) is 1. The fourth-order valence-corrected chi connectivity index (χ4v) is 0.909. The van der Waals surface area contributed by atoms with Crippen LogP contribution in [0.3, 0.4) is 0 Å². The highest BCUT2D eigenvalue weighted by molar-refractivity contribution is 5.55. The lowest BCUT2D eigenvalue weighted by Crippen LogP contribution is -1.83. The second-order valence-electron chi connectivity index (χ2n) is 2.33. The number of phenolic OH excluding ortho intramolecular Hbond substituents is 1. The summed E-state index contributed by atoms with van der Waals surface area (Å²) in [4.78, 5) is 0. The Morgan fingerprint density at radius 1 is 1.58 bits per heavy atom. The molecule has 0 aliphatic carbocycles. The molecule has 0 spiro atoms. The number of methoxy groups -OCH3 is 1. The molecule has 0 aromatic heterocycles. The van der Waals surface area contributed by atoms with Crippen LogP contribution in [-0.2, 0) is 0 Å². The summed E-state index contributed by atoms with van der Waals surface area (Å²) < 4.78 is 25.4. The van der Waals surface area contributed by atoms with E-state index in [1.807, 2.05) is 13.0 Å². The molecule has 0 fully saturated rings. The SMILES string of the molecule is [2H]C([2H])([2H])Oc1cc(/C=C/C)ccc1O. The maximum Gasteiger partial charge on any atom is 0.161 e. The Kier molecular flexibility index (Phi) is 1.67. The van der Waals surface area contributed by atoms with E-state index in [2.05, 4.69) is 4.74 Å². The van der Waals surface area contributed by atoms with Crippen molar-refractivity contribution in [3.63, 3.8) is 0 Å². The normalized spacial score (nSPS) is 15.2. The first-order valence-corrected chi connectivity index (χ1v) is 3.57. The van der Waals surface area contributed by atoms with E-state index in [0.717, 1.165) is 5.56 Å². The standard InChI is InChI=1S/C10H12O2/c1-3-4-8-5-6-9(11)10(7-8)12-2/h3-7,11H,1-2H3/b4-3+/i2D3. The minimum atomic E-state index is -2.55. The molecule has 12 heavy (non-hydrogen) atoms. The fourth-order valence-electron chi connectivity index (χ4n) is 0.909. The molecule has 0 atom stereocenters. The lowest BCUT2D eigenvalue weighted by Gasteiger charge is -2.03. The van der Waals surface area contributed by atoms with E-state index in [0.29, 0.717) is 0 Å². The van der Waals surface area contributed by atoms with Crippen LogP contribution in [0.5, 0.6) is 11.5 Å². The van der Waals surface area contributed by atoms with Gasteiger partial charge in [0.15, 0.2) is 11.5 Å². The van der Waals surface area contributed by atoms with Crippen LogP contribution in [0.4, 0.5) is 0 Å². The number of phenols is 1. The monoisotopic (exact) mass is 167 g/mol. The van der Waals surface area contributed by atoms with Gasteiger partial charge in [0.25, 0.3) is 0 Å². The van der Waals surface area contributed by atoms with E-state index in [-0.39, 0.29) is 11.5 Å². The van der Waals surface area contributed by atoms with Gasteiger partial charge in [0, 0.05) is 0 Å². The third-order valence-electron chi connectivity index (χ3n) is 1.45. The molecule has 1 N–H and O–H groups in total. The molecule has 1 aromatic carbocycles. The number of aromatic hydroxyl groups is 1. The van der Waals surface area contributed by atoms with Crippen molar-refractivity contribution >= 4 is 6.08 Å². The topological polar surface area (TPSA) is 29.5 Å². The van der Waals surface area contributed by atoms with Crippen molar-refractivity contribution in [2.24, 2.45) is 0 Å². The summed E-state index contributed by atoms with van der Waals surface area (Å²) in [5, 5.41) is 9.37. The van der Waals surface area contributed by atoms with Crippen LogP contribution >= 0.6 is 0 Å². The minimum Gasteiger partial charge on any atom is -0.504 e. The number of hydrogen-bond donors (Lipinski definition) is 1. The summed E-state index contributed by atoms with van der Waals surface area (Å²) in [5.41, 5.74) is 0.773. The summed E-state index contributed by atoms with van der Waals surface area (Å²) in [6.45, 7) is 1.84. The third-order valence-corrected chi connectivity index (χ3v) is 1.45. The van der Waals surface area contributed by atoms with Crippen LogP contribution < -0.4 is 4.74 Å². The molecule has 0 amide bonds. The Bertz CT molecular complexity index is 369. The molecule has 0 saturated carbocycles. The van der Waals surface area contributed by atoms with Gasteiger partial charge in [0.05, 0.1) is 11.2 Å². The highest BCUT2D eigenvalue weighted by Crippen LogP contribution is 2.26. The number of allylic oxidation sites excluding steroid dienone is 1. The molecule has 0 unspecified atom stereocenters. The lowest BCUT2D eigenvalue weighted by atomic mass is 10.2. The third kappa shape index (κ3) is 1.78. The van der Waals surface area contributed by atoms with Crippen molar-refractivity contribution in [2.45, 2.75) is 6.92 Å². The van der Waals surface area contributed by atoms with Crippen LogP contribution in [-0.4, -0.2) is 12.1 Å².